The van der Waals surface area contributed by atoms with E-state index in [1.54, 1.807) is 20.8 Å². The van der Waals surface area contributed by atoms with Gasteiger partial charge in [-0.1, -0.05) is 0 Å². The zero-order valence-electron chi connectivity index (χ0n) is 8.29. The van der Waals surface area contributed by atoms with Gasteiger partial charge in [0, 0.05) is 0 Å². The van der Waals surface area contributed by atoms with Crippen LogP contribution in [0.15, 0.2) is 4.99 Å². The topological polar surface area (TPSA) is 90.8 Å². The van der Waals surface area contributed by atoms with Crippen molar-refractivity contribution in [3.05, 3.63) is 0 Å². The van der Waals surface area contributed by atoms with Crippen LogP contribution in [0.1, 0.15) is 20.8 Å². The first-order valence-electron chi connectivity index (χ1n) is 4.23. The third-order valence-electron chi connectivity index (χ3n) is 2.02. The highest BCUT2D eigenvalue weighted by molar-refractivity contribution is 6.45. The standard InChI is InChI=1S/C8H13N3O3/c1-4(8(2,3)14)9-7-10-5(12)6(13)11-7/h4,14H,1-3H3,(H2,9,10,11,12,13). The van der Waals surface area contributed by atoms with Gasteiger partial charge in [0.1, 0.15) is 0 Å². The van der Waals surface area contributed by atoms with Crippen molar-refractivity contribution >= 4 is 17.8 Å². The number of hydrogen-bond donors (Lipinski definition) is 3. The fraction of sp³-hybridized carbons (Fsp3) is 0.625. The van der Waals surface area contributed by atoms with Crippen LogP contribution in [-0.2, 0) is 9.59 Å². The van der Waals surface area contributed by atoms with Gasteiger partial charge in [0.25, 0.3) is 0 Å². The number of aliphatic imine (C=N–C) groups is 1. The quantitative estimate of drug-likeness (QED) is 0.485. The van der Waals surface area contributed by atoms with Gasteiger partial charge in [0.2, 0.25) is 5.96 Å². The monoisotopic (exact) mass is 199 g/mol. The Hall–Kier alpha value is -1.43. The molecule has 0 aromatic carbocycles. The minimum Gasteiger partial charge on any atom is -0.388 e. The van der Waals surface area contributed by atoms with Gasteiger partial charge >= 0.3 is 11.8 Å². The number of rotatable bonds is 2. The fourth-order valence-corrected chi connectivity index (χ4v) is 0.776. The van der Waals surface area contributed by atoms with Crippen LogP contribution < -0.4 is 10.6 Å². The average molecular weight is 199 g/mol. The molecule has 1 saturated heterocycles. The van der Waals surface area contributed by atoms with Crippen molar-refractivity contribution in [2.24, 2.45) is 4.99 Å². The lowest BCUT2D eigenvalue weighted by atomic mass is 10.0. The first-order valence-corrected chi connectivity index (χ1v) is 4.23. The molecule has 14 heavy (non-hydrogen) atoms. The van der Waals surface area contributed by atoms with Crippen molar-refractivity contribution in [1.82, 2.24) is 10.6 Å². The molecule has 1 unspecified atom stereocenters. The average Bonchev–Trinajstić information content (AvgIpc) is 2.29. The fourth-order valence-electron chi connectivity index (χ4n) is 0.776. The number of guanidine groups is 1. The Balaban J connectivity index is 2.72. The predicted octanol–water partition coefficient (Wildman–Crippen LogP) is -1.25. The van der Waals surface area contributed by atoms with Gasteiger partial charge in [-0.25, -0.2) is 4.99 Å². The predicted molar refractivity (Wildman–Crippen MR) is 49.5 cm³/mol. The Morgan fingerprint density at radius 3 is 2.07 bits per heavy atom. The van der Waals surface area contributed by atoms with E-state index in [0.29, 0.717) is 0 Å². The van der Waals surface area contributed by atoms with Gasteiger partial charge in [0.05, 0.1) is 11.6 Å². The van der Waals surface area contributed by atoms with Crippen LogP contribution in [0, 0.1) is 0 Å². The molecule has 78 valence electrons. The van der Waals surface area contributed by atoms with Crippen molar-refractivity contribution in [2.45, 2.75) is 32.4 Å². The smallest absolute Gasteiger partial charge is 0.316 e. The summed E-state index contributed by atoms with van der Waals surface area (Å²) in [5.74, 6) is -1.37. The van der Waals surface area contributed by atoms with Gasteiger partial charge in [-0.15, -0.1) is 0 Å². The molecule has 1 atom stereocenters. The molecular formula is C8H13N3O3. The zero-order valence-corrected chi connectivity index (χ0v) is 8.29. The molecule has 1 rings (SSSR count). The minimum absolute atomic E-state index is 0.0922. The lowest BCUT2D eigenvalue weighted by Gasteiger charge is -2.22. The van der Waals surface area contributed by atoms with Crippen LogP contribution in [0.3, 0.4) is 0 Å². The molecule has 0 aliphatic carbocycles. The maximum atomic E-state index is 10.7. The summed E-state index contributed by atoms with van der Waals surface area (Å²) < 4.78 is 0. The van der Waals surface area contributed by atoms with Gasteiger partial charge in [0.15, 0.2) is 0 Å². The molecule has 0 aromatic heterocycles. The molecular weight excluding hydrogens is 186 g/mol. The molecule has 0 aromatic rings. The normalized spacial score (nSPS) is 19.0. The lowest BCUT2D eigenvalue weighted by molar-refractivity contribution is -0.135. The number of carbonyl (C=O) groups is 2. The highest BCUT2D eigenvalue weighted by Gasteiger charge is 2.28. The number of amides is 2. The summed E-state index contributed by atoms with van der Waals surface area (Å²) in [6.07, 6.45) is 0. The summed E-state index contributed by atoms with van der Waals surface area (Å²) in [6, 6.07) is -0.420. The van der Waals surface area contributed by atoms with E-state index in [9.17, 15) is 14.7 Å². The summed E-state index contributed by atoms with van der Waals surface area (Å²) in [5, 5.41) is 14.0. The van der Waals surface area contributed by atoms with E-state index in [1.807, 2.05) is 0 Å². The van der Waals surface area contributed by atoms with Crippen molar-refractivity contribution in [1.29, 1.82) is 0 Å². The molecule has 0 spiro atoms. The van der Waals surface area contributed by atoms with E-state index in [4.69, 9.17) is 0 Å². The summed E-state index contributed by atoms with van der Waals surface area (Å²) in [4.78, 5) is 25.4. The third kappa shape index (κ3) is 2.29. The van der Waals surface area contributed by atoms with Gasteiger partial charge in [-0.05, 0) is 20.8 Å². The first-order chi connectivity index (χ1) is 6.30. The zero-order chi connectivity index (χ0) is 10.9. The number of nitrogens with zero attached hydrogens (tertiary/aromatic N) is 1. The molecule has 6 nitrogen and oxygen atoms in total. The molecule has 0 saturated carbocycles. The second kappa shape index (κ2) is 3.38. The van der Waals surface area contributed by atoms with Crippen LogP contribution >= 0.6 is 0 Å². The summed E-state index contributed by atoms with van der Waals surface area (Å²) >= 11 is 0. The van der Waals surface area contributed by atoms with E-state index in [1.165, 1.54) is 0 Å². The second-order valence-electron chi connectivity index (χ2n) is 3.72. The Morgan fingerprint density at radius 1 is 1.29 bits per heavy atom. The Kier molecular flexibility index (Phi) is 2.57. The Morgan fingerprint density at radius 2 is 1.71 bits per heavy atom. The van der Waals surface area contributed by atoms with Crippen LogP contribution in [0.4, 0.5) is 0 Å². The number of nitrogens with one attached hydrogen (secondary N) is 2. The molecule has 2 amide bonds. The maximum Gasteiger partial charge on any atom is 0.316 e. The lowest BCUT2D eigenvalue weighted by Crippen LogP contribution is -2.36. The minimum atomic E-state index is -0.995. The molecule has 1 aliphatic heterocycles. The van der Waals surface area contributed by atoms with Crippen LogP contribution in [0.5, 0.6) is 0 Å². The van der Waals surface area contributed by atoms with E-state index in [-0.39, 0.29) is 5.96 Å². The van der Waals surface area contributed by atoms with Gasteiger partial charge in [-0.3, -0.25) is 20.2 Å². The number of aliphatic hydroxyl groups is 1. The SMILES string of the molecule is CC(N=C1NC(=O)C(=O)N1)C(C)(C)O. The van der Waals surface area contributed by atoms with Gasteiger partial charge < -0.3 is 5.11 Å². The highest BCUT2D eigenvalue weighted by Crippen LogP contribution is 2.11. The molecule has 6 heteroatoms. The molecule has 1 fully saturated rings. The van der Waals surface area contributed by atoms with E-state index >= 15 is 0 Å². The van der Waals surface area contributed by atoms with Crippen LogP contribution in [0.2, 0.25) is 0 Å². The van der Waals surface area contributed by atoms with Crippen LogP contribution in [0.25, 0.3) is 0 Å². The molecule has 0 bridgehead atoms. The molecule has 3 N–H and O–H groups in total. The largest absolute Gasteiger partial charge is 0.388 e. The maximum absolute atomic E-state index is 10.7. The van der Waals surface area contributed by atoms with E-state index in [2.05, 4.69) is 15.6 Å². The summed E-state index contributed by atoms with van der Waals surface area (Å²) in [5.41, 5.74) is -0.995. The highest BCUT2D eigenvalue weighted by atomic mass is 16.3. The summed E-state index contributed by atoms with van der Waals surface area (Å²) in [7, 11) is 0. The Bertz CT molecular complexity index is 285. The third-order valence-corrected chi connectivity index (χ3v) is 2.02. The first kappa shape index (κ1) is 10.6. The van der Waals surface area contributed by atoms with E-state index < -0.39 is 23.5 Å². The second-order valence-corrected chi connectivity index (χ2v) is 3.72. The molecule has 1 heterocycles. The Labute approximate surface area is 81.4 Å². The number of carbonyl (C=O) groups excluding carboxylic acids is 2. The molecule has 1 aliphatic rings. The summed E-state index contributed by atoms with van der Waals surface area (Å²) in [6.45, 7) is 4.88. The van der Waals surface area contributed by atoms with Crippen molar-refractivity contribution < 1.29 is 14.7 Å². The van der Waals surface area contributed by atoms with Crippen molar-refractivity contribution in [2.75, 3.05) is 0 Å². The van der Waals surface area contributed by atoms with Crippen LogP contribution in [-0.4, -0.2) is 34.5 Å². The number of hydrogen-bond acceptors (Lipinski definition) is 4. The van der Waals surface area contributed by atoms with Crippen molar-refractivity contribution in [3.63, 3.8) is 0 Å². The van der Waals surface area contributed by atoms with E-state index in [0.717, 1.165) is 0 Å². The van der Waals surface area contributed by atoms with Crippen molar-refractivity contribution in [3.8, 4) is 0 Å². The van der Waals surface area contributed by atoms with Gasteiger partial charge in [-0.2, -0.15) is 0 Å². The molecule has 0 radical (unpaired) electrons.